The van der Waals surface area contributed by atoms with Crippen LogP contribution in [0.4, 0.5) is 4.39 Å². The van der Waals surface area contributed by atoms with Crippen LogP contribution in [0.5, 0.6) is 5.75 Å². The van der Waals surface area contributed by atoms with E-state index in [-0.39, 0.29) is 5.75 Å². The summed E-state index contributed by atoms with van der Waals surface area (Å²) in [7, 11) is 0. The van der Waals surface area contributed by atoms with Crippen LogP contribution in [0.1, 0.15) is 18.4 Å². The molecular weight excluding hydrogens is 219 g/mol. The van der Waals surface area contributed by atoms with Crippen LogP contribution >= 0.6 is 0 Å². The number of hydrogen-bond acceptors (Lipinski definition) is 3. The molecule has 0 spiro atoms. The lowest BCUT2D eigenvalue weighted by Gasteiger charge is -2.10. The van der Waals surface area contributed by atoms with Crippen LogP contribution in [0.15, 0.2) is 18.2 Å². The molecular formula is C13H15FN2O. The second-order valence-corrected chi connectivity index (χ2v) is 4.25. The van der Waals surface area contributed by atoms with Gasteiger partial charge in [0.1, 0.15) is 0 Å². The summed E-state index contributed by atoms with van der Waals surface area (Å²) in [5.74, 6) is 0.403. The number of ether oxygens (including phenoxy) is 1. The highest BCUT2D eigenvalue weighted by atomic mass is 19.1. The van der Waals surface area contributed by atoms with Gasteiger partial charge in [0.2, 0.25) is 0 Å². The van der Waals surface area contributed by atoms with E-state index in [1.54, 1.807) is 6.07 Å². The molecule has 1 N–H and O–H groups in total. The topological polar surface area (TPSA) is 45.0 Å². The van der Waals surface area contributed by atoms with Crippen molar-refractivity contribution in [2.24, 2.45) is 5.92 Å². The Morgan fingerprint density at radius 2 is 2.41 bits per heavy atom. The summed E-state index contributed by atoms with van der Waals surface area (Å²) >= 11 is 0. The van der Waals surface area contributed by atoms with Gasteiger partial charge >= 0.3 is 0 Å². The second kappa shape index (κ2) is 5.65. The number of nitrogens with zero attached hydrogens (tertiary/aromatic N) is 1. The van der Waals surface area contributed by atoms with Gasteiger partial charge in [0.15, 0.2) is 11.6 Å². The van der Waals surface area contributed by atoms with Crippen molar-refractivity contribution in [2.45, 2.75) is 12.8 Å². The third kappa shape index (κ3) is 3.18. The van der Waals surface area contributed by atoms with Gasteiger partial charge in [-0.05, 0) is 50.0 Å². The maximum absolute atomic E-state index is 13.4. The molecule has 1 atom stereocenters. The highest BCUT2D eigenvalue weighted by Crippen LogP contribution is 2.19. The molecule has 0 aliphatic carbocycles. The summed E-state index contributed by atoms with van der Waals surface area (Å²) in [6, 6.07) is 6.17. The maximum atomic E-state index is 13.4. The number of rotatable bonds is 4. The van der Waals surface area contributed by atoms with Crippen LogP contribution in [0.3, 0.4) is 0 Å². The average Bonchev–Trinajstić information content (AvgIpc) is 2.84. The molecule has 0 saturated carbocycles. The fraction of sp³-hybridized carbons (Fsp3) is 0.462. The number of halogens is 1. The molecule has 1 aliphatic rings. The van der Waals surface area contributed by atoms with Gasteiger partial charge in [-0.15, -0.1) is 0 Å². The van der Waals surface area contributed by atoms with Crippen LogP contribution in [0.2, 0.25) is 0 Å². The lowest BCUT2D eigenvalue weighted by Crippen LogP contribution is -2.12. The zero-order valence-corrected chi connectivity index (χ0v) is 9.58. The molecule has 1 aliphatic heterocycles. The quantitative estimate of drug-likeness (QED) is 0.867. The van der Waals surface area contributed by atoms with Gasteiger partial charge in [0.25, 0.3) is 0 Å². The van der Waals surface area contributed by atoms with Crippen molar-refractivity contribution in [1.29, 1.82) is 5.26 Å². The van der Waals surface area contributed by atoms with E-state index in [1.165, 1.54) is 18.6 Å². The first-order chi connectivity index (χ1) is 8.29. The molecule has 1 unspecified atom stereocenters. The lowest BCUT2D eigenvalue weighted by atomic mass is 10.1. The first kappa shape index (κ1) is 11.9. The third-order valence-electron chi connectivity index (χ3n) is 3.01. The van der Waals surface area contributed by atoms with E-state index in [0.29, 0.717) is 18.1 Å². The zero-order chi connectivity index (χ0) is 12.1. The molecule has 17 heavy (non-hydrogen) atoms. The average molecular weight is 234 g/mol. The summed E-state index contributed by atoms with van der Waals surface area (Å²) in [6.07, 6.45) is 2.10. The van der Waals surface area contributed by atoms with Gasteiger partial charge in [-0.3, -0.25) is 0 Å². The molecule has 0 amide bonds. The Bertz CT molecular complexity index is 422. The van der Waals surface area contributed by atoms with Crippen LogP contribution in [-0.4, -0.2) is 19.7 Å². The van der Waals surface area contributed by atoms with E-state index >= 15 is 0 Å². The molecule has 4 heteroatoms. The van der Waals surface area contributed by atoms with Crippen molar-refractivity contribution in [3.05, 3.63) is 29.6 Å². The SMILES string of the molecule is N#Cc1ccc(OCCC2CCNC2)c(F)c1. The van der Waals surface area contributed by atoms with E-state index in [2.05, 4.69) is 5.32 Å². The third-order valence-corrected chi connectivity index (χ3v) is 3.01. The minimum atomic E-state index is -0.464. The van der Waals surface area contributed by atoms with Gasteiger partial charge in [-0.2, -0.15) is 5.26 Å². The molecule has 0 aromatic heterocycles. The van der Waals surface area contributed by atoms with E-state index in [0.717, 1.165) is 19.5 Å². The van der Waals surface area contributed by atoms with E-state index in [9.17, 15) is 4.39 Å². The number of hydrogen-bond donors (Lipinski definition) is 1. The summed E-state index contributed by atoms with van der Waals surface area (Å²) in [6.45, 7) is 2.62. The molecule has 0 bridgehead atoms. The Hall–Kier alpha value is -1.60. The highest BCUT2D eigenvalue weighted by molar-refractivity contribution is 5.35. The number of benzene rings is 1. The van der Waals surface area contributed by atoms with Crippen molar-refractivity contribution >= 4 is 0 Å². The molecule has 1 saturated heterocycles. The molecule has 2 rings (SSSR count). The van der Waals surface area contributed by atoms with E-state index in [1.807, 2.05) is 6.07 Å². The van der Waals surface area contributed by atoms with E-state index in [4.69, 9.17) is 10.00 Å². The minimum absolute atomic E-state index is 0.231. The molecule has 1 aromatic carbocycles. The van der Waals surface area contributed by atoms with Gasteiger partial charge in [-0.25, -0.2) is 4.39 Å². The summed E-state index contributed by atoms with van der Waals surface area (Å²) < 4.78 is 18.8. The minimum Gasteiger partial charge on any atom is -0.491 e. The van der Waals surface area contributed by atoms with Crippen molar-refractivity contribution in [1.82, 2.24) is 5.32 Å². The highest BCUT2D eigenvalue weighted by Gasteiger charge is 2.14. The fourth-order valence-corrected chi connectivity index (χ4v) is 1.98. The molecule has 3 nitrogen and oxygen atoms in total. The normalized spacial score (nSPS) is 18.9. The van der Waals surface area contributed by atoms with Gasteiger partial charge in [0, 0.05) is 0 Å². The lowest BCUT2D eigenvalue weighted by molar-refractivity contribution is 0.271. The predicted octanol–water partition coefficient (Wildman–Crippen LogP) is 2.08. The number of nitriles is 1. The molecule has 90 valence electrons. The van der Waals surface area contributed by atoms with Crippen molar-refractivity contribution < 1.29 is 9.13 Å². The first-order valence-electron chi connectivity index (χ1n) is 5.83. The largest absolute Gasteiger partial charge is 0.491 e. The second-order valence-electron chi connectivity index (χ2n) is 4.25. The first-order valence-corrected chi connectivity index (χ1v) is 5.83. The van der Waals surface area contributed by atoms with Gasteiger partial charge in [0.05, 0.1) is 18.2 Å². The summed E-state index contributed by atoms with van der Waals surface area (Å²) in [4.78, 5) is 0. The maximum Gasteiger partial charge on any atom is 0.166 e. The Kier molecular flexibility index (Phi) is 3.94. The molecule has 1 fully saturated rings. The Balaban J connectivity index is 1.84. The fourth-order valence-electron chi connectivity index (χ4n) is 1.98. The van der Waals surface area contributed by atoms with Gasteiger partial charge < -0.3 is 10.1 Å². The predicted molar refractivity (Wildman–Crippen MR) is 62.2 cm³/mol. The Morgan fingerprint density at radius 1 is 1.53 bits per heavy atom. The smallest absolute Gasteiger partial charge is 0.166 e. The standard InChI is InChI=1S/C13H15FN2O/c14-12-7-11(8-15)1-2-13(12)17-6-4-10-3-5-16-9-10/h1-2,7,10,16H,3-6,9H2. The molecule has 1 heterocycles. The van der Waals surface area contributed by atoms with Crippen molar-refractivity contribution in [2.75, 3.05) is 19.7 Å². The van der Waals surface area contributed by atoms with Gasteiger partial charge in [-0.1, -0.05) is 0 Å². The van der Waals surface area contributed by atoms with Crippen LogP contribution in [-0.2, 0) is 0 Å². The molecule has 0 radical (unpaired) electrons. The van der Waals surface area contributed by atoms with Crippen molar-refractivity contribution in [3.63, 3.8) is 0 Å². The van der Waals surface area contributed by atoms with Crippen LogP contribution in [0, 0.1) is 23.1 Å². The molecule has 1 aromatic rings. The van der Waals surface area contributed by atoms with Crippen molar-refractivity contribution in [3.8, 4) is 11.8 Å². The Morgan fingerprint density at radius 3 is 3.06 bits per heavy atom. The van der Waals surface area contributed by atoms with Crippen LogP contribution in [0.25, 0.3) is 0 Å². The zero-order valence-electron chi connectivity index (χ0n) is 9.58. The summed E-state index contributed by atoms with van der Waals surface area (Å²) in [5.41, 5.74) is 0.315. The van der Waals surface area contributed by atoms with Crippen LogP contribution < -0.4 is 10.1 Å². The summed E-state index contributed by atoms with van der Waals surface area (Å²) in [5, 5.41) is 11.9. The Labute approximate surface area is 100 Å². The number of nitrogens with one attached hydrogen (secondary N) is 1. The van der Waals surface area contributed by atoms with E-state index < -0.39 is 5.82 Å². The monoisotopic (exact) mass is 234 g/mol.